The van der Waals surface area contributed by atoms with Crippen LogP contribution in [0.25, 0.3) is 0 Å². The van der Waals surface area contributed by atoms with Crippen molar-refractivity contribution in [2.75, 3.05) is 19.7 Å². The van der Waals surface area contributed by atoms with Gasteiger partial charge >= 0.3 is 12.1 Å². The van der Waals surface area contributed by atoms with E-state index in [9.17, 15) is 14.7 Å². The first kappa shape index (κ1) is 26.7. The summed E-state index contributed by atoms with van der Waals surface area (Å²) in [4.78, 5) is 25.1. The molecule has 0 aliphatic carbocycles. The van der Waals surface area contributed by atoms with Crippen LogP contribution in [-0.2, 0) is 9.53 Å². The Bertz CT molecular complexity index is 1170. The molecule has 0 aromatic heterocycles. The number of benzene rings is 3. The van der Waals surface area contributed by atoms with Gasteiger partial charge in [-0.1, -0.05) is 60.7 Å². The van der Waals surface area contributed by atoms with Gasteiger partial charge in [-0.15, -0.1) is 0 Å². The standard InChI is InChI=1S/C29H31N3O6/c30-27(31-23-15-17-32(18-16-23)29(35)36)22-11-13-24(14-12-22)37-19-25(33)28(34)38-26(20-7-3-1-4-8-20)21-9-5-2-6-10-21/h1-14,23,25-26,33H,15-19H2,(H2,30,31)(H,35,36)/t25-/m1/s1. The van der Waals surface area contributed by atoms with E-state index in [0.717, 1.165) is 11.1 Å². The molecule has 198 valence electrons. The molecule has 3 aromatic rings. The molecule has 38 heavy (non-hydrogen) atoms. The summed E-state index contributed by atoms with van der Waals surface area (Å²) in [5.41, 5.74) is 2.23. The number of hydrogen-bond acceptors (Lipinski definition) is 6. The number of carboxylic acid groups (broad SMARTS) is 1. The molecule has 4 rings (SSSR count). The minimum atomic E-state index is -1.48. The van der Waals surface area contributed by atoms with E-state index in [1.54, 1.807) is 24.3 Å². The van der Waals surface area contributed by atoms with Crippen LogP contribution < -0.4 is 10.1 Å². The Morgan fingerprint density at radius 1 is 0.921 bits per heavy atom. The van der Waals surface area contributed by atoms with E-state index in [2.05, 4.69) is 5.32 Å². The minimum absolute atomic E-state index is 0.0331. The van der Waals surface area contributed by atoms with E-state index in [-0.39, 0.29) is 18.5 Å². The maximum Gasteiger partial charge on any atom is 0.407 e. The molecule has 9 nitrogen and oxygen atoms in total. The molecule has 1 heterocycles. The summed E-state index contributed by atoms with van der Waals surface area (Å²) in [7, 11) is 0. The maximum atomic E-state index is 12.7. The van der Waals surface area contributed by atoms with Crippen LogP contribution in [-0.4, -0.2) is 64.9 Å². The fourth-order valence-electron chi connectivity index (χ4n) is 4.24. The second-order valence-electron chi connectivity index (χ2n) is 9.05. The highest BCUT2D eigenvalue weighted by atomic mass is 16.6. The third-order valence-corrected chi connectivity index (χ3v) is 6.38. The molecule has 1 aliphatic rings. The van der Waals surface area contributed by atoms with Crippen LogP contribution in [0.2, 0.25) is 0 Å². The van der Waals surface area contributed by atoms with Crippen LogP contribution in [0.3, 0.4) is 0 Å². The van der Waals surface area contributed by atoms with Gasteiger partial charge < -0.3 is 29.9 Å². The zero-order chi connectivity index (χ0) is 26.9. The van der Waals surface area contributed by atoms with E-state index >= 15 is 0 Å². The number of amides is 1. The minimum Gasteiger partial charge on any atom is -0.490 e. The molecule has 9 heteroatoms. The molecule has 1 amide bonds. The van der Waals surface area contributed by atoms with Crippen LogP contribution in [0.4, 0.5) is 4.79 Å². The molecular weight excluding hydrogens is 486 g/mol. The molecule has 0 radical (unpaired) electrons. The predicted octanol–water partition coefficient (Wildman–Crippen LogP) is 3.82. The van der Waals surface area contributed by atoms with E-state index in [0.29, 0.717) is 37.2 Å². The Balaban J connectivity index is 1.28. The molecule has 1 saturated heterocycles. The molecule has 0 bridgehead atoms. The largest absolute Gasteiger partial charge is 0.490 e. The lowest BCUT2D eigenvalue weighted by atomic mass is 10.0. The fourth-order valence-corrected chi connectivity index (χ4v) is 4.24. The Labute approximate surface area is 221 Å². The molecule has 0 saturated carbocycles. The van der Waals surface area contributed by atoms with Gasteiger partial charge in [-0.3, -0.25) is 5.41 Å². The third kappa shape index (κ3) is 7.10. The van der Waals surface area contributed by atoms with E-state index in [1.165, 1.54) is 4.90 Å². The Kier molecular flexibility index (Phi) is 8.94. The summed E-state index contributed by atoms with van der Waals surface area (Å²) < 4.78 is 11.3. The number of nitrogens with one attached hydrogen (secondary N) is 2. The molecule has 4 N–H and O–H groups in total. The highest BCUT2D eigenvalue weighted by Gasteiger charge is 2.25. The van der Waals surface area contributed by atoms with Gasteiger partial charge in [0.15, 0.2) is 12.2 Å². The van der Waals surface area contributed by atoms with E-state index in [4.69, 9.17) is 20.0 Å². The summed E-state index contributed by atoms with van der Waals surface area (Å²) in [5.74, 6) is -0.119. The Morgan fingerprint density at radius 2 is 1.47 bits per heavy atom. The average molecular weight is 518 g/mol. The van der Waals surface area contributed by atoms with Crippen LogP contribution in [0.5, 0.6) is 5.75 Å². The quantitative estimate of drug-likeness (QED) is 0.193. The van der Waals surface area contributed by atoms with Gasteiger partial charge in [0.05, 0.1) is 0 Å². The number of rotatable bonds is 9. The molecular formula is C29H31N3O6. The van der Waals surface area contributed by atoms with Crippen molar-refractivity contribution in [2.45, 2.75) is 31.1 Å². The molecule has 3 aromatic carbocycles. The van der Waals surface area contributed by atoms with Crippen molar-refractivity contribution >= 4 is 17.9 Å². The molecule has 0 unspecified atom stereocenters. The second kappa shape index (κ2) is 12.7. The number of piperidine rings is 1. The first-order valence-corrected chi connectivity index (χ1v) is 12.5. The molecule has 1 fully saturated rings. The number of carbonyl (C=O) groups is 2. The van der Waals surface area contributed by atoms with Crippen molar-refractivity contribution in [1.29, 1.82) is 5.41 Å². The summed E-state index contributed by atoms with van der Waals surface area (Å²) >= 11 is 0. The van der Waals surface area contributed by atoms with Gasteiger partial charge in [0.1, 0.15) is 18.2 Å². The number of amidine groups is 1. The molecule has 1 aliphatic heterocycles. The summed E-state index contributed by atoms with van der Waals surface area (Å²) in [5, 5.41) is 30.9. The monoisotopic (exact) mass is 517 g/mol. The summed E-state index contributed by atoms with van der Waals surface area (Å²) in [6.07, 6.45) is -1.78. The summed E-state index contributed by atoms with van der Waals surface area (Å²) in [6, 6.07) is 25.4. The normalized spacial score (nSPS) is 14.5. The van der Waals surface area contributed by atoms with Gasteiger partial charge in [0, 0.05) is 24.7 Å². The lowest BCUT2D eigenvalue weighted by Gasteiger charge is -2.31. The van der Waals surface area contributed by atoms with E-state index < -0.39 is 24.3 Å². The third-order valence-electron chi connectivity index (χ3n) is 6.38. The van der Waals surface area contributed by atoms with Gasteiger partial charge in [-0.2, -0.15) is 0 Å². The highest BCUT2D eigenvalue weighted by molar-refractivity contribution is 5.96. The number of hydrogen-bond donors (Lipinski definition) is 4. The number of ether oxygens (including phenoxy) is 2. The lowest BCUT2D eigenvalue weighted by molar-refractivity contribution is -0.159. The van der Waals surface area contributed by atoms with Crippen molar-refractivity contribution in [2.24, 2.45) is 0 Å². The van der Waals surface area contributed by atoms with Crippen LogP contribution in [0.15, 0.2) is 84.9 Å². The lowest BCUT2D eigenvalue weighted by Crippen LogP contribution is -2.46. The van der Waals surface area contributed by atoms with Crippen molar-refractivity contribution in [3.63, 3.8) is 0 Å². The molecule has 0 spiro atoms. The maximum absolute atomic E-state index is 12.7. The number of nitrogens with zero attached hydrogens (tertiary/aromatic N) is 1. The fraction of sp³-hybridized carbons (Fsp3) is 0.276. The summed E-state index contributed by atoms with van der Waals surface area (Å²) in [6.45, 7) is 0.594. The van der Waals surface area contributed by atoms with Gasteiger partial charge in [-0.25, -0.2) is 9.59 Å². The first-order chi connectivity index (χ1) is 18.4. The second-order valence-corrected chi connectivity index (χ2v) is 9.05. The number of likely N-dealkylation sites (tertiary alicyclic amines) is 1. The van der Waals surface area contributed by atoms with Crippen LogP contribution >= 0.6 is 0 Å². The van der Waals surface area contributed by atoms with Gasteiger partial charge in [0.2, 0.25) is 0 Å². The van der Waals surface area contributed by atoms with Crippen LogP contribution in [0, 0.1) is 5.41 Å². The number of aliphatic hydroxyl groups excluding tert-OH is 1. The van der Waals surface area contributed by atoms with Crippen molar-refractivity contribution < 1.29 is 29.3 Å². The molecule has 1 atom stereocenters. The van der Waals surface area contributed by atoms with Gasteiger partial charge in [0.25, 0.3) is 0 Å². The Morgan fingerprint density at radius 3 is 2.00 bits per heavy atom. The number of aliphatic hydroxyl groups is 1. The van der Waals surface area contributed by atoms with E-state index in [1.807, 2.05) is 60.7 Å². The zero-order valence-electron chi connectivity index (χ0n) is 20.8. The number of esters is 1. The topological polar surface area (TPSA) is 132 Å². The SMILES string of the molecule is N=C(NC1CCN(C(=O)O)CC1)c1ccc(OC[C@@H](O)C(=O)OC(c2ccccc2)c2ccccc2)cc1. The first-order valence-electron chi connectivity index (χ1n) is 12.5. The van der Waals surface area contributed by atoms with Crippen molar-refractivity contribution in [3.05, 3.63) is 102 Å². The van der Waals surface area contributed by atoms with Crippen molar-refractivity contribution in [1.82, 2.24) is 10.2 Å². The van der Waals surface area contributed by atoms with Gasteiger partial charge in [-0.05, 0) is 48.2 Å². The average Bonchev–Trinajstić information content (AvgIpc) is 2.96. The zero-order valence-corrected chi connectivity index (χ0v) is 20.8. The van der Waals surface area contributed by atoms with Crippen molar-refractivity contribution in [3.8, 4) is 5.75 Å². The smallest absolute Gasteiger partial charge is 0.407 e. The Hall–Kier alpha value is -4.37. The highest BCUT2D eigenvalue weighted by Crippen LogP contribution is 2.26. The number of carbonyl (C=O) groups excluding carboxylic acids is 1. The van der Waals surface area contributed by atoms with Crippen LogP contribution in [0.1, 0.15) is 35.6 Å². The predicted molar refractivity (Wildman–Crippen MR) is 141 cm³/mol.